The summed E-state index contributed by atoms with van der Waals surface area (Å²) in [7, 11) is 0. The summed E-state index contributed by atoms with van der Waals surface area (Å²) in [4.78, 5) is 57.7. The number of aromatic amines is 1. The number of carbonyl (C=O) groups is 4. The number of nitrogens with one attached hydrogen (secondary N) is 6. The van der Waals surface area contributed by atoms with Crippen molar-refractivity contribution in [1.82, 2.24) is 36.4 Å². The first-order valence-electron chi connectivity index (χ1n) is 17.8. The first-order chi connectivity index (χ1) is 25.4. The molecule has 14 nitrogen and oxygen atoms in total. The number of hydrogen-bond acceptors (Lipinski definition) is 8. The molecule has 5 rings (SSSR count). The molecule has 284 valence electrons. The predicted molar refractivity (Wildman–Crippen MR) is 202 cm³/mol. The van der Waals surface area contributed by atoms with Gasteiger partial charge in [0.15, 0.2) is 0 Å². The van der Waals surface area contributed by atoms with Gasteiger partial charge < -0.3 is 35.4 Å². The number of urea groups is 1. The van der Waals surface area contributed by atoms with E-state index in [1.807, 2.05) is 58.0 Å². The molecule has 0 saturated heterocycles. The average molecular weight is 770 g/mol. The van der Waals surface area contributed by atoms with Crippen molar-refractivity contribution in [3.63, 3.8) is 0 Å². The van der Waals surface area contributed by atoms with Crippen molar-refractivity contribution in [2.45, 2.75) is 91.0 Å². The largest absolute Gasteiger partial charge is 0.445 e. The number of nitrogens with zero attached hydrogens (tertiary/aromatic N) is 2. The van der Waals surface area contributed by atoms with Crippen molar-refractivity contribution in [3.8, 4) is 0 Å². The number of H-pyrrole nitrogens is 1. The molecule has 2 aromatic carbocycles. The molecular formula is C37H46Cl2N8O6. The number of rotatable bonds is 14. The van der Waals surface area contributed by atoms with E-state index in [-0.39, 0.29) is 43.2 Å². The Balaban J connectivity index is 1.47. The van der Waals surface area contributed by atoms with Crippen LogP contribution in [0.3, 0.4) is 0 Å². The fraction of sp³-hybridized carbons (Fsp3) is 0.459. The maximum Gasteiger partial charge on any atom is 0.408 e. The summed E-state index contributed by atoms with van der Waals surface area (Å²) in [6.45, 7) is 9.82. The smallest absolute Gasteiger partial charge is 0.408 e. The molecule has 4 aromatic rings. The highest BCUT2D eigenvalue weighted by Gasteiger charge is 2.47. The second-order valence-electron chi connectivity index (χ2n) is 13.5. The second kappa shape index (κ2) is 17.3. The first-order valence-corrected chi connectivity index (χ1v) is 18.6. The molecule has 2 aromatic heterocycles. The van der Waals surface area contributed by atoms with E-state index in [1.54, 1.807) is 19.1 Å². The minimum atomic E-state index is -1.50. The topological polar surface area (TPSA) is 192 Å². The third-order valence-corrected chi connectivity index (χ3v) is 10.4. The summed E-state index contributed by atoms with van der Waals surface area (Å²) in [5.74, 6) is -1.45. The number of carbonyl (C=O) groups excluding carboxylic acids is 4. The molecule has 6 N–H and O–H groups in total. The molecule has 5 amide bonds. The molecule has 53 heavy (non-hydrogen) atoms. The van der Waals surface area contributed by atoms with Gasteiger partial charge in [0.25, 0.3) is 0 Å². The lowest BCUT2D eigenvalue weighted by molar-refractivity contribution is -0.136. The molecule has 0 bridgehead atoms. The van der Waals surface area contributed by atoms with Crippen molar-refractivity contribution < 1.29 is 28.3 Å². The number of alkyl carbamates (subject to hydrolysis) is 1. The lowest BCUT2D eigenvalue weighted by Crippen LogP contribution is -2.65. The van der Waals surface area contributed by atoms with Gasteiger partial charge in [0.1, 0.15) is 24.2 Å². The van der Waals surface area contributed by atoms with E-state index in [4.69, 9.17) is 32.4 Å². The SMILES string of the molecule is CCNC(=O)Nc1nnc([C@@H](NC(=O)[C@@]2(NC(=O)[C@@H](NC(=O)OCc3ccccc3)C(C)CC)CCc3[nH]c4c(Cl)cc(Cl)cc4c3C2)C(C)CC)o1. The van der Waals surface area contributed by atoms with Gasteiger partial charge >= 0.3 is 18.1 Å². The van der Waals surface area contributed by atoms with Gasteiger partial charge in [0, 0.05) is 29.1 Å². The van der Waals surface area contributed by atoms with Crippen LogP contribution < -0.4 is 26.6 Å². The van der Waals surface area contributed by atoms with Gasteiger partial charge in [-0.15, -0.1) is 5.10 Å². The van der Waals surface area contributed by atoms with Crippen LogP contribution in [0.25, 0.3) is 10.9 Å². The van der Waals surface area contributed by atoms with Crippen molar-refractivity contribution in [2.75, 3.05) is 11.9 Å². The summed E-state index contributed by atoms with van der Waals surface area (Å²) in [5, 5.41) is 23.7. The van der Waals surface area contributed by atoms with E-state index < -0.39 is 41.6 Å². The van der Waals surface area contributed by atoms with Crippen LogP contribution >= 0.6 is 23.2 Å². The van der Waals surface area contributed by atoms with Gasteiger partial charge in [-0.2, -0.15) is 0 Å². The van der Waals surface area contributed by atoms with Crippen LogP contribution in [0.5, 0.6) is 0 Å². The van der Waals surface area contributed by atoms with Crippen molar-refractivity contribution in [3.05, 3.63) is 75.2 Å². The molecular weight excluding hydrogens is 723 g/mol. The van der Waals surface area contributed by atoms with E-state index in [1.165, 1.54) is 0 Å². The van der Waals surface area contributed by atoms with E-state index in [0.29, 0.717) is 41.4 Å². The molecule has 5 atom stereocenters. The van der Waals surface area contributed by atoms with Crippen LogP contribution in [-0.4, -0.2) is 57.2 Å². The van der Waals surface area contributed by atoms with Crippen LogP contribution in [0.1, 0.15) is 82.6 Å². The molecule has 0 aliphatic heterocycles. The second-order valence-corrected chi connectivity index (χ2v) is 14.3. The minimum Gasteiger partial charge on any atom is -0.445 e. The fourth-order valence-corrected chi connectivity index (χ4v) is 6.95. The van der Waals surface area contributed by atoms with E-state index in [0.717, 1.165) is 22.2 Å². The Morgan fingerprint density at radius 3 is 2.43 bits per heavy atom. The van der Waals surface area contributed by atoms with Gasteiger partial charge in [-0.25, -0.2) is 9.59 Å². The number of benzene rings is 2. The quantitative estimate of drug-likeness (QED) is 0.0828. The summed E-state index contributed by atoms with van der Waals surface area (Å²) in [5.41, 5.74) is 1.64. The zero-order valence-electron chi connectivity index (χ0n) is 30.4. The summed E-state index contributed by atoms with van der Waals surface area (Å²) in [6, 6.07) is 10.2. The molecule has 0 spiro atoms. The zero-order valence-corrected chi connectivity index (χ0v) is 31.9. The van der Waals surface area contributed by atoms with Crippen LogP contribution in [0.4, 0.5) is 15.6 Å². The maximum atomic E-state index is 14.8. The van der Waals surface area contributed by atoms with Gasteiger partial charge in [0.05, 0.1) is 10.5 Å². The lowest BCUT2D eigenvalue weighted by atomic mass is 9.78. The molecule has 1 aliphatic carbocycles. The number of aromatic nitrogens is 3. The number of halogens is 2. The Kier molecular flexibility index (Phi) is 12.9. The number of hydrogen-bond donors (Lipinski definition) is 6. The molecule has 1 aliphatic rings. The van der Waals surface area contributed by atoms with Crippen LogP contribution in [0.15, 0.2) is 46.9 Å². The Morgan fingerprint density at radius 1 is 1.00 bits per heavy atom. The number of anilines is 1. The third kappa shape index (κ3) is 9.22. The van der Waals surface area contributed by atoms with Crippen LogP contribution in [-0.2, 0) is 33.8 Å². The highest BCUT2D eigenvalue weighted by Crippen LogP contribution is 2.39. The van der Waals surface area contributed by atoms with Crippen molar-refractivity contribution in [1.29, 1.82) is 0 Å². The average Bonchev–Trinajstić information content (AvgIpc) is 3.75. The highest BCUT2D eigenvalue weighted by molar-refractivity contribution is 6.38. The lowest BCUT2D eigenvalue weighted by Gasteiger charge is -2.39. The molecule has 2 heterocycles. The Bertz CT molecular complexity index is 1930. The zero-order chi connectivity index (χ0) is 38.3. The van der Waals surface area contributed by atoms with Crippen LogP contribution in [0.2, 0.25) is 10.0 Å². The Morgan fingerprint density at radius 2 is 1.74 bits per heavy atom. The number of amides is 5. The Labute approximate surface area is 317 Å². The summed E-state index contributed by atoms with van der Waals surface area (Å²) < 4.78 is 11.3. The number of ether oxygens (including phenoxy) is 1. The van der Waals surface area contributed by atoms with Gasteiger partial charge in [-0.1, -0.05) is 99.2 Å². The summed E-state index contributed by atoms with van der Waals surface area (Å²) in [6.07, 6.45) is 1.11. The van der Waals surface area contributed by atoms with Crippen LogP contribution in [0, 0.1) is 11.8 Å². The predicted octanol–water partition coefficient (Wildman–Crippen LogP) is 6.59. The highest BCUT2D eigenvalue weighted by atomic mass is 35.5. The molecule has 0 radical (unpaired) electrons. The van der Waals surface area contributed by atoms with E-state index in [9.17, 15) is 19.2 Å². The van der Waals surface area contributed by atoms with Crippen molar-refractivity contribution in [2.24, 2.45) is 11.8 Å². The minimum absolute atomic E-state index is 0.0233. The van der Waals surface area contributed by atoms with Gasteiger partial charge in [-0.05, 0) is 54.9 Å². The molecule has 16 heteroatoms. The normalized spacial score (nSPS) is 17.5. The Hall–Kier alpha value is -4.82. The standard InChI is InChI=1S/C37H46Cl2N8O6/c1-6-20(4)28(43-36(51)52-19-22-12-10-9-11-13-22)31(48)45-37(15-14-27-25(18-37)24-16-23(38)17-26(39)30(24)41-27)33(49)42-29(21(5)7-2)32-46-47-35(53-32)44-34(50)40-8-3/h9-13,16-17,20-21,28-29,41H,6-8,14-15,18-19H2,1-5H3,(H,42,49)(H,43,51)(H,45,48)(H2,40,44,47,50)/t20?,21?,28-,29-,37+/m0/s1. The van der Waals surface area contributed by atoms with Gasteiger partial charge in [0.2, 0.25) is 17.7 Å². The van der Waals surface area contributed by atoms with E-state index >= 15 is 0 Å². The molecule has 0 fully saturated rings. The van der Waals surface area contributed by atoms with Gasteiger partial charge in [-0.3, -0.25) is 14.9 Å². The first kappa shape index (κ1) is 39.4. The summed E-state index contributed by atoms with van der Waals surface area (Å²) >= 11 is 13.0. The van der Waals surface area contributed by atoms with E-state index in [2.05, 4.69) is 41.8 Å². The number of fused-ring (bicyclic) bond motifs is 3. The fourth-order valence-electron chi connectivity index (χ4n) is 6.41. The van der Waals surface area contributed by atoms with Crippen molar-refractivity contribution >= 4 is 64.1 Å². The monoisotopic (exact) mass is 768 g/mol. The molecule has 2 unspecified atom stereocenters. The number of aryl methyl sites for hydroxylation is 1. The third-order valence-electron chi connectivity index (χ3n) is 9.84. The molecule has 0 saturated carbocycles. The maximum absolute atomic E-state index is 14.8.